The van der Waals surface area contributed by atoms with Gasteiger partial charge in [0.2, 0.25) is 0 Å². The number of nitrogens with one attached hydrogen (secondary N) is 1. The maximum atomic E-state index is 10.8. The fourth-order valence-corrected chi connectivity index (χ4v) is 2.45. The van der Waals surface area contributed by atoms with E-state index in [1.807, 2.05) is 6.07 Å². The Morgan fingerprint density at radius 1 is 1.33 bits per heavy atom. The summed E-state index contributed by atoms with van der Waals surface area (Å²) in [6, 6.07) is 10.0. The molecule has 0 saturated carbocycles. The summed E-state index contributed by atoms with van der Waals surface area (Å²) < 4.78 is 5.85. The Labute approximate surface area is 135 Å². The molecule has 0 fully saturated rings. The average molecular weight is 372 g/mol. The van der Waals surface area contributed by atoms with E-state index >= 15 is 0 Å². The van der Waals surface area contributed by atoms with Crippen LogP contribution in [0, 0.1) is 10.1 Å². The normalized spacial score (nSPS) is 10.2. The van der Waals surface area contributed by atoms with Gasteiger partial charge in [-0.3, -0.25) is 10.1 Å². The highest BCUT2D eigenvalue weighted by Crippen LogP contribution is 2.29. The second kappa shape index (κ2) is 6.78. The molecule has 0 atom stereocenters. The van der Waals surface area contributed by atoms with Gasteiger partial charge in [-0.2, -0.15) is 0 Å². The summed E-state index contributed by atoms with van der Waals surface area (Å²) >= 11 is 9.42. The van der Waals surface area contributed by atoms with Crippen molar-refractivity contribution < 1.29 is 9.66 Å². The van der Waals surface area contributed by atoms with E-state index in [1.165, 1.54) is 12.1 Å². The van der Waals surface area contributed by atoms with Crippen molar-refractivity contribution >= 4 is 38.9 Å². The maximum absolute atomic E-state index is 10.8. The number of methoxy groups -OCH3 is 1. The van der Waals surface area contributed by atoms with Crippen molar-refractivity contribution in [3.63, 3.8) is 0 Å². The van der Waals surface area contributed by atoms with Crippen LogP contribution in [0.25, 0.3) is 0 Å². The van der Waals surface area contributed by atoms with E-state index in [-0.39, 0.29) is 5.69 Å². The molecule has 0 aliphatic carbocycles. The van der Waals surface area contributed by atoms with Crippen LogP contribution in [-0.4, -0.2) is 12.0 Å². The molecule has 110 valence electrons. The summed E-state index contributed by atoms with van der Waals surface area (Å²) in [4.78, 5) is 10.4. The number of nitro benzene ring substituents is 1. The Morgan fingerprint density at radius 3 is 2.71 bits per heavy atom. The van der Waals surface area contributed by atoms with E-state index in [4.69, 9.17) is 16.3 Å². The Bertz CT molecular complexity index is 679. The van der Waals surface area contributed by atoms with Gasteiger partial charge in [0, 0.05) is 23.2 Å². The molecule has 0 spiro atoms. The lowest BCUT2D eigenvalue weighted by molar-refractivity contribution is -0.384. The Morgan fingerprint density at radius 2 is 2.10 bits per heavy atom. The van der Waals surface area contributed by atoms with E-state index in [9.17, 15) is 10.1 Å². The molecule has 2 aromatic rings. The minimum Gasteiger partial charge on any atom is -0.495 e. The summed E-state index contributed by atoms with van der Waals surface area (Å²) in [5.74, 6) is 0.608. The van der Waals surface area contributed by atoms with Gasteiger partial charge in [0.25, 0.3) is 5.69 Å². The summed E-state index contributed by atoms with van der Waals surface area (Å²) in [6.07, 6.45) is 0. The highest BCUT2D eigenvalue weighted by atomic mass is 79.9. The van der Waals surface area contributed by atoms with Gasteiger partial charge in [-0.05, 0) is 39.7 Å². The van der Waals surface area contributed by atoms with Crippen LogP contribution >= 0.6 is 27.5 Å². The quantitative estimate of drug-likeness (QED) is 0.614. The number of hydrogen-bond acceptors (Lipinski definition) is 4. The van der Waals surface area contributed by atoms with Crippen LogP contribution < -0.4 is 10.1 Å². The minimum absolute atomic E-state index is 0.0356. The number of hydrogen-bond donors (Lipinski definition) is 1. The maximum Gasteiger partial charge on any atom is 0.271 e. The molecule has 0 unspecified atom stereocenters. The summed E-state index contributed by atoms with van der Waals surface area (Å²) in [5.41, 5.74) is 1.63. The van der Waals surface area contributed by atoms with Crippen molar-refractivity contribution in [3.8, 4) is 5.75 Å². The molecule has 21 heavy (non-hydrogen) atoms. The fraction of sp³-hybridized carbons (Fsp3) is 0.143. The van der Waals surface area contributed by atoms with E-state index < -0.39 is 4.92 Å². The van der Waals surface area contributed by atoms with E-state index in [0.717, 1.165) is 10.0 Å². The second-order valence-electron chi connectivity index (χ2n) is 4.24. The predicted octanol–water partition coefficient (Wildman–Crippen LogP) is 4.63. The summed E-state index contributed by atoms with van der Waals surface area (Å²) in [6.45, 7) is 0.490. The molecule has 0 bridgehead atoms. The van der Waals surface area contributed by atoms with Crippen molar-refractivity contribution in [3.05, 3.63) is 61.6 Å². The molecular formula is C14H12BrClN2O3. The fourth-order valence-electron chi connectivity index (χ4n) is 1.78. The van der Waals surface area contributed by atoms with E-state index in [0.29, 0.717) is 23.0 Å². The van der Waals surface area contributed by atoms with Crippen LogP contribution in [0.2, 0.25) is 5.02 Å². The van der Waals surface area contributed by atoms with Crippen molar-refractivity contribution in [2.45, 2.75) is 6.54 Å². The Hall–Kier alpha value is -1.79. The summed E-state index contributed by atoms with van der Waals surface area (Å²) in [7, 11) is 1.55. The van der Waals surface area contributed by atoms with Crippen LogP contribution in [0.3, 0.4) is 0 Å². The number of non-ortho nitro benzene ring substituents is 1. The lowest BCUT2D eigenvalue weighted by atomic mass is 10.2. The number of rotatable bonds is 5. The third-order valence-electron chi connectivity index (χ3n) is 2.86. The lowest BCUT2D eigenvalue weighted by Gasteiger charge is -2.10. The van der Waals surface area contributed by atoms with Crippen LogP contribution in [0.1, 0.15) is 5.56 Å². The zero-order valence-corrected chi connectivity index (χ0v) is 13.4. The first kappa shape index (κ1) is 15.6. The molecule has 0 heterocycles. The van der Waals surface area contributed by atoms with Crippen LogP contribution in [0.4, 0.5) is 11.4 Å². The number of anilines is 1. The number of ether oxygens (including phenoxy) is 1. The SMILES string of the molecule is COc1ccc(CNc2cc([N+](=O)[O-])ccc2Br)cc1Cl. The third-order valence-corrected chi connectivity index (χ3v) is 3.85. The van der Waals surface area contributed by atoms with Gasteiger partial charge in [0.1, 0.15) is 5.75 Å². The first-order valence-electron chi connectivity index (χ1n) is 6.01. The molecule has 0 saturated heterocycles. The molecular weight excluding hydrogens is 360 g/mol. The zero-order valence-electron chi connectivity index (χ0n) is 11.1. The molecule has 0 amide bonds. The van der Waals surface area contributed by atoms with Gasteiger partial charge >= 0.3 is 0 Å². The Kier molecular flexibility index (Phi) is 5.03. The molecule has 2 rings (SSSR count). The van der Waals surface area contributed by atoms with Gasteiger partial charge in [0.05, 0.1) is 22.7 Å². The van der Waals surface area contributed by atoms with Gasteiger partial charge in [-0.25, -0.2) is 0 Å². The third kappa shape index (κ3) is 3.86. The molecule has 0 aromatic heterocycles. The van der Waals surface area contributed by atoms with Crippen LogP contribution in [-0.2, 0) is 6.54 Å². The van der Waals surface area contributed by atoms with Crippen molar-refractivity contribution in [1.82, 2.24) is 0 Å². The monoisotopic (exact) mass is 370 g/mol. The number of halogens is 2. The average Bonchev–Trinajstić information content (AvgIpc) is 2.46. The predicted molar refractivity (Wildman–Crippen MR) is 86.1 cm³/mol. The van der Waals surface area contributed by atoms with Gasteiger partial charge < -0.3 is 10.1 Å². The second-order valence-corrected chi connectivity index (χ2v) is 5.51. The smallest absolute Gasteiger partial charge is 0.271 e. The molecule has 0 aliphatic rings. The van der Waals surface area contributed by atoms with Gasteiger partial charge in [0.15, 0.2) is 0 Å². The van der Waals surface area contributed by atoms with Gasteiger partial charge in [-0.1, -0.05) is 17.7 Å². The molecule has 2 aromatic carbocycles. The number of nitro groups is 1. The molecule has 0 radical (unpaired) electrons. The number of nitrogens with zero attached hydrogens (tertiary/aromatic N) is 1. The van der Waals surface area contributed by atoms with E-state index in [2.05, 4.69) is 21.2 Å². The first-order chi connectivity index (χ1) is 10.0. The molecule has 7 heteroatoms. The van der Waals surface area contributed by atoms with Crippen molar-refractivity contribution in [1.29, 1.82) is 0 Å². The van der Waals surface area contributed by atoms with Gasteiger partial charge in [-0.15, -0.1) is 0 Å². The molecule has 1 N–H and O–H groups in total. The van der Waals surface area contributed by atoms with Crippen LogP contribution in [0.15, 0.2) is 40.9 Å². The first-order valence-corrected chi connectivity index (χ1v) is 7.18. The minimum atomic E-state index is -0.429. The van der Waals surface area contributed by atoms with E-state index in [1.54, 1.807) is 25.3 Å². The standard InChI is InChI=1S/C14H12BrClN2O3/c1-21-14-5-2-9(6-12(14)16)8-17-13-7-10(18(19)20)3-4-11(13)15/h2-7,17H,8H2,1H3. The summed E-state index contributed by atoms with van der Waals surface area (Å²) in [5, 5.41) is 14.4. The topological polar surface area (TPSA) is 64.4 Å². The molecule has 0 aliphatic heterocycles. The number of benzene rings is 2. The zero-order chi connectivity index (χ0) is 15.4. The van der Waals surface area contributed by atoms with Crippen molar-refractivity contribution in [2.24, 2.45) is 0 Å². The van der Waals surface area contributed by atoms with Crippen molar-refractivity contribution in [2.75, 3.05) is 12.4 Å². The molecule has 5 nitrogen and oxygen atoms in total. The largest absolute Gasteiger partial charge is 0.495 e. The lowest BCUT2D eigenvalue weighted by Crippen LogP contribution is -2.01. The highest BCUT2D eigenvalue weighted by molar-refractivity contribution is 9.10. The Balaban J connectivity index is 2.14. The highest BCUT2D eigenvalue weighted by Gasteiger charge is 2.09. The van der Waals surface area contributed by atoms with Crippen LogP contribution in [0.5, 0.6) is 5.75 Å².